The van der Waals surface area contributed by atoms with E-state index in [1.807, 2.05) is 0 Å². The zero-order valence-corrected chi connectivity index (χ0v) is 6.56. The predicted octanol–water partition coefficient (Wildman–Crippen LogP) is -3.24. The number of carbonyl (C=O) groups is 2. The first-order valence-corrected chi connectivity index (χ1v) is 4.32. The third kappa shape index (κ3) is 3.59. The van der Waals surface area contributed by atoms with E-state index in [2.05, 4.69) is 0 Å². The average Bonchev–Trinajstić information content (AvgIpc) is 1.79. The van der Waals surface area contributed by atoms with Crippen molar-refractivity contribution in [2.45, 2.75) is 12.1 Å². The molecule has 0 aromatic carbocycles. The van der Waals surface area contributed by atoms with Gasteiger partial charge in [-0.3, -0.25) is 4.79 Å². The number of rotatable bonds is 4. The lowest BCUT2D eigenvalue weighted by Gasteiger charge is -2.45. The summed E-state index contributed by atoms with van der Waals surface area (Å²) in [7, 11) is -5.37. The molecule has 70 valence electrons. The molecule has 0 fully saturated rings. The molecule has 0 aromatic heterocycles. The van der Waals surface area contributed by atoms with Gasteiger partial charge in [0.05, 0.1) is 6.42 Å². The molecule has 1 unspecified atom stereocenters. The molecule has 7 nitrogen and oxygen atoms in total. The number of hydrogen-bond donors (Lipinski definition) is 2. The Morgan fingerprint density at radius 1 is 1.25 bits per heavy atom. The van der Waals surface area contributed by atoms with E-state index in [0.29, 0.717) is 0 Å². The van der Waals surface area contributed by atoms with Crippen LogP contribution in [0.15, 0.2) is 0 Å². The molecule has 0 aromatic rings. The molecule has 0 aliphatic rings. The third-order valence-electron chi connectivity index (χ3n) is 1.03. The summed E-state index contributed by atoms with van der Waals surface area (Å²) in [6.07, 6.45) is -1.21. The van der Waals surface area contributed by atoms with Crippen LogP contribution in [0.5, 0.6) is 0 Å². The van der Waals surface area contributed by atoms with Gasteiger partial charge in [-0.2, -0.15) is 0 Å². The Hall–Kier alpha value is -0.750. The van der Waals surface area contributed by atoms with Gasteiger partial charge in [0, 0.05) is 0 Å². The lowest BCUT2D eigenvalue weighted by Crippen LogP contribution is -2.45. The average molecular weight is 196 g/mol. The maximum atomic E-state index is 10.1. The van der Waals surface area contributed by atoms with Crippen LogP contribution >= 0.6 is 7.94 Å². The summed E-state index contributed by atoms with van der Waals surface area (Å²) in [5.74, 6) is -3.58. The molecule has 0 saturated carbocycles. The fourth-order valence-corrected chi connectivity index (χ4v) is 1.15. The van der Waals surface area contributed by atoms with Crippen molar-refractivity contribution in [3.8, 4) is 0 Å². The lowest BCUT2D eigenvalue weighted by molar-refractivity contribution is -0.429. The summed E-state index contributed by atoms with van der Waals surface area (Å²) in [5.41, 5.74) is -2.38. The maximum Gasteiger partial charge on any atom is 0.344 e. The second-order valence-corrected chi connectivity index (χ2v) is 3.69. The van der Waals surface area contributed by atoms with E-state index in [-0.39, 0.29) is 0 Å². The van der Waals surface area contributed by atoms with Crippen molar-refractivity contribution < 1.29 is 34.5 Å². The molecule has 0 heterocycles. The molecule has 0 aliphatic heterocycles. The topological polar surface area (TPSA) is 144 Å². The molecule has 0 bridgehead atoms. The van der Waals surface area contributed by atoms with E-state index in [0.717, 1.165) is 0 Å². The minimum atomic E-state index is -5.37. The highest BCUT2D eigenvalue weighted by molar-refractivity contribution is 7.56. The molecule has 2 N–H and O–H groups in total. The fraction of sp³-hybridized carbons (Fsp3) is 0.500. The third-order valence-corrected chi connectivity index (χ3v) is 2.20. The number of carboxylic acids is 2. The van der Waals surface area contributed by atoms with Crippen molar-refractivity contribution in [1.29, 1.82) is 0 Å². The molecule has 0 saturated heterocycles. The van der Waals surface area contributed by atoms with Crippen LogP contribution in [-0.4, -0.2) is 27.8 Å². The number of hydrogen-bond acceptors (Lipinski definition) is 5. The first kappa shape index (κ1) is 11.2. The van der Waals surface area contributed by atoms with Crippen molar-refractivity contribution in [1.82, 2.24) is 0 Å². The SMILES string of the molecule is O=C(O)CC(C(=O)O)[P+]([O-])([O-])[O-]. The second-order valence-electron chi connectivity index (χ2n) is 1.99. The highest BCUT2D eigenvalue weighted by Gasteiger charge is 2.28. The Morgan fingerprint density at radius 2 is 1.67 bits per heavy atom. The quantitative estimate of drug-likeness (QED) is 0.449. The summed E-state index contributed by atoms with van der Waals surface area (Å²) < 4.78 is 0. The van der Waals surface area contributed by atoms with E-state index in [1.54, 1.807) is 0 Å². The summed E-state index contributed by atoms with van der Waals surface area (Å²) in [6.45, 7) is 0. The van der Waals surface area contributed by atoms with Gasteiger partial charge < -0.3 is 24.9 Å². The zero-order valence-electron chi connectivity index (χ0n) is 5.67. The van der Waals surface area contributed by atoms with Gasteiger partial charge in [0.2, 0.25) is 0 Å². The zero-order chi connectivity index (χ0) is 9.94. The standard InChI is InChI=1S/C4H7O7P/c5-3(6)1-2(4(7)8)12(9,10)11/h2H,1H2,(H,5,6)(H,7,8)(H2,9,10,11)/p-2. The van der Waals surface area contributed by atoms with E-state index < -0.39 is 32.0 Å². The molecular formula is C4H5O7P-2. The Bertz CT molecular complexity index is 194. The fourth-order valence-electron chi connectivity index (χ4n) is 0.500. The largest absolute Gasteiger partial charge is 0.687 e. The first-order valence-electron chi connectivity index (χ1n) is 2.71. The normalized spacial score (nSPS) is 13.9. The molecular weight excluding hydrogens is 191 g/mol. The molecule has 0 spiro atoms. The van der Waals surface area contributed by atoms with Crippen LogP contribution in [0.4, 0.5) is 0 Å². The highest BCUT2D eigenvalue weighted by Crippen LogP contribution is 2.37. The van der Waals surface area contributed by atoms with Crippen LogP contribution in [0.2, 0.25) is 0 Å². The smallest absolute Gasteiger partial charge is 0.344 e. The van der Waals surface area contributed by atoms with Gasteiger partial charge >= 0.3 is 11.9 Å². The van der Waals surface area contributed by atoms with Crippen molar-refractivity contribution in [2.75, 3.05) is 0 Å². The Balaban J connectivity index is 4.46. The van der Waals surface area contributed by atoms with Gasteiger partial charge in [-0.05, 0) is 0 Å². The summed E-state index contributed by atoms with van der Waals surface area (Å²) >= 11 is 0. The summed E-state index contributed by atoms with van der Waals surface area (Å²) in [4.78, 5) is 50.4. The van der Waals surface area contributed by atoms with Crippen LogP contribution < -0.4 is 14.7 Å². The van der Waals surface area contributed by atoms with Crippen LogP contribution in [0.25, 0.3) is 0 Å². The molecule has 0 aliphatic carbocycles. The van der Waals surface area contributed by atoms with E-state index in [1.165, 1.54) is 0 Å². The minimum Gasteiger partial charge on any atom is -0.687 e. The van der Waals surface area contributed by atoms with Crippen molar-refractivity contribution in [3.63, 3.8) is 0 Å². The maximum absolute atomic E-state index is 10.1. The van der Waals surface area contributed by atoms with E-state index in [4.69, 9.17) is 10.2 Å². The van der Waals surface area contributed by atoms with Gasteiger partial charge in [-0.15, -0.1) is 7.94 Å². The molecule has 1 atom stereocenters. The number of carboxylic acid groups (broad SMARTS) is 2. The van der Waals surface area contributed by atoms with Gasteiger partial charge in [0.25, 0.3) is 0 Å². The van der Waals surface area contributed by atoms with Crippen LogP contribution in [0, 0.1) is 0 Å². The molecule has 0 radical (unpaired) electrons. The van der Waals surface area contributed by atoms with Crippen molar-refractivity contribution in [3.05, 3.63) is 0 Å². The van der Waals surface area contributed by atoms with Crippen molar-refractivity contribution in [2.24, 2.45) is 0 Å². The van der Waals surface area contributed by atoms with Crippen molar-refractivity contribution >= 4 is 19.9 Å². The van der Waals surface area contributed by atoms with E-state index >= 15 is 0 Å². The van der Waals surface area contributed by atoms with Gasteiger partial charge in [-0.25, -0.2) is 4.79 Å². The molecule has 8 heteroatoms. The van der Waals surface area contributed by atoms with Crippen LogP contribution in [0.3, 0.4) is 0 Å². The van der Waals surface area contributed by atoms with E-state index in [9.17, 15) is 24.3 Å². The summed E-state index contributed by atoms with van der Waals surface area (Å²) in [6, 6.07) is 0. The second kappa shape index (κ2) is 3.77. The Kier molecular flexibility index (Phi) is 3.54. The minimum absolute atomic E-state index is 1.21. The highest BCUT2D eigenvalue weighted by atomic mass is 31.2. The van der Waals surface area contributed by atoms with Crippen LogP contribution in [-0.2, 0) is 9.59 Å². The molecule has 12 heavy (non-hydrogen) atoms. The number of aliphatic carboxylic acids is 2. The lowest BCUT2D eigenvalue weighted by atomic mass is 10.3. The summed E-state index contributed by atoms with van der Waals surface area (Å²) in [5, 5.41) is 16.2. The Labute approximate surface area is 67.5 Å². The molecule has 0 amide bonds. The van der Waals surface area contributed by atoms with Crippen LogP contribution in [0.1, 0.15) is 6.42 Å². The Morgan fingerprint density at radius 3 is 1.75 bits per heavy atom. The van der Waals surface area contributed by atoms with Gasteiger partial charge in [0.15, 0.2) is 5.66 Å². The first-order chi connectivity index (χ1) is 5.25. The van der Waals surface area contributed by atoms with Gasteiger partial charge in [0.1, 0.15) is 0 Å². The predicted molar refractivity (Wildman–Crippen MR) is 30.6 cm³/mol. The monoisotopic (exact) mass is 196 g/mol. The van der Waals surface area contributed by atoms with Gasteiger partial charge in [-0.1, -0.05) is 0 Å². The molecule has 0 rings (SSSR count).